The molecule has 0 amide bonds. The van der Waals surface area contributed by atoms with Crippen molar-refractivity contribution in [3.63, 3.8) is 0 Å². The van der Waals surface area contributed by atoms with Crippen molar-refractivity contribution in [3.05, 3.63) is 89.5 Å². The van der Waals surface area contributed by atoms with E-state index in [1.54, 1.807) is 18.6 Å². The van der Waals surface area contributed by atoms with Crippen LogP contribution >= 0.6 is 0 Å². The van der Waals surface area contributed by atoms with E-state index in [1.165, 1.54) is 0 Å². The van der Waals surface area contributed by atoms with Gasteiger partial charge in [0.15, 0.2) is 0 Å². The van der Waals surface area contributed by atoms with Crippen LogP contribution in [0.5, 0.6) is 5.75 Å². The summed E-state index contributed by atoms with van der Waals surface area (Å²) in [5.74, 6) is 0.908. The molecule has 2 N–H and O–H groups in total. The Balaban J connectivity index is 1.86. The standard InChI is InChI=1S/C22H20N4O/c1-14-9-11-24-19(12-14)26-20(17-4-3-10-23-13-17)18-8-7-16-6-5-15(2)25-21(16)22(18)27/h3-13,20,27H,1-2H3,(H,24,26). The molecular weight excluding hydrogens is 336 g/mol. The fourth-order valence-corrected chi connectivity index (χ4v) is 3.17. The third-order valence-corrected chi connectivity index (χ3v) is 4.54. The topological polar surface area (TPSA) is 70.9 Å². The maximum atomic E-state index is 11.0. The number of phenolic OH excluding ortho intramolecular Hbond substituents is 1. The molecule has 3 aromatic heterocycles. The smallest absolute Gasteiger partial charge is 0.147 e. The van der Waals surface area contributed by atoms with Crippen molar-refractivity contribution >= 4 is 16.7 Å². The molecule has 0 spiro atoms. The van der Waals surface area contributed by atoms with Gasteiger partial charge in [0.05, 0.1) is 6.04 Å². The van der Waals surface area contributed by atoms with Gasteiger partial charge in [-0.25, -0.2) is 9.97 Å². The molecule has 0 saturated heterocycles. The van der Waals surface area contributed by atoms with Gasteiger partial charge < -0.3 is 10.4 Å². The first-order valence-corrected chi connectivity index (χ1v) is 8.80. The molecule has 0 aliphatic carbocycles. The minimum atomic E-state index is -0.306. The van der Waals surface area contributed by atoms with Crippen molar-refractivity contribution in [1.29, 1.82) is 0 Å². The van der Waals surface area contributed by atoms with Gasteiger partial charge in [0, 0.05) is 35.2 Å². The summed E-state index contributed by atoms with van der Waals surface area (Å²) >= 11 is 0. The molecule has 1 atom stereocenters. The fraction of sp³-hybridized carbons (Fsp3) is 0.136. The van der Waals surface area contributed by atoms with E-state index in [0.717, 1.165) is 33.6 Å². The monoisotopic (exact) mass is 356 g/mol. The van der Waals surface area contributed by atoms with Crippen LogP contribution in [0.2, 0.25) is 0 Å². The van der Waals surface area contributed by atoms with Gasteiger partial charge in [0.25, 0.3) is 0 Å². The Morgan fingerprint density at radius 2 is 1.85 bits per heavy atom. The lowest BCUT2D eigenvalue weighted by Gasteiger charge is -2.22. The lowest BCUT2D eigenvalue weighted by Crippen LogP contribution is -2.14. The lowest BCUT2D eigenvalue weighted by atomic mass is 9.97. The SMILES string of the molecule is Cc1ccnc(NC(c2cccnc2)c2ccc3ccc(C)nc3c2O)c1. The first-order valence-electron chi connectivity index (χ1n) is 8.80. The van der Waals surface area contributed by atoms with Crippen molar-refractivity contribution in [1.82, 2.24) is 15.0 Å². The number of aromatic hydroxyl groups is 1. The van der Waals surface area contributed by atoms with Gasteiger partial charge in [0.2, 0.25) is 0 Å². The largest absolute Gasteiger partial charge is 0.505 e. The summed E-state index contributed by atoms with van der Waals surface area (Å²) in [6.07, 6.45) is 5.29. The van der Waals surface area contributed by atoms with Crippen LogP contribution in [0, 0.1) is 13.8 Å². The molecule has 5 nitrogen and oxygen atoms in total. The van der Waals surface area contributed by atoms with E-state index in [4.69, 9.17) is 0 Å². The molecule has 0 aliphatic rings. The van der Waals surface area contributed by atoms with Crippen molar-refractivity contribution in [2.24, 2.45) is 0 Å². The summed E-state index contributed by atoms with van der Waals surface area (Å²) < 4.78 is 0. The van der Waals surface area contributed by atoms with E-state index < -0.39 is 0 Å². The van der Waals surface area contributed by atoms with Crippen LogP contribution in [0.4, 0.5) is 5.82 Å². The zero-order valence-electron chi connectivity index (χ0n) is 15.2. The van der Waals surface area contributed by atoms with Crippen LogP contribution in [0.3, 0.4) is 0 Å². The number of rotatable bonds is 4. The molecule has 1 aromatic carbocycles. The predicted molar refractivity (Wildman–Crippen MR) is 107 cm³/mol. The van der Waals surface area contributed by atoms with E-state index in [2.05, 4.69) is 20.3 Å². The molecule has 0 fully saturated rings. The molecule has 27 heavy (non-hydrogen) atoms. The zero-order valence-corrected chi connectivity index (χ0v) is 15.2. The number of nitrogens with one attached hydrogen (secondary N) is 1. The maximum absolute atomic E-state index is 11.0. The highest BCUT2D eigenvalue weighted by Gasteiger charge is 2.20. The van der Waals surface area contributed by atoms with Crippen molar-refractivity contribution < 1.29 is 5.11 Å². The molecule has 0 bridgehead atoms. The number of anilines is 1. The minimum absolute atomic E-state index is 0.171. The highest BCUT2D eigenvalue weighted by Crippen LogP contribution is 2.36. The number of pyridine rings is 3. The molecule has 5 heteroatoms. The number of aromatic nitrogens is 3. The summed E-state index contributed by atoms with van der Waals surface area (Å²) in [5.41, 5.74) is 4.24. The molecule has 134 valence electrons. The van der Waals surface area contributed by atoms with Gasteiger partial charge in [-0.1, -0.05) is 24.3 Å². The van der Waals surface area contributed by atoms with Crippen molar-refractivity contribution in [3.8, 4) is 5.75 Å². The Bertz CT molecular complexity index is 1100. The summed E-state index contributed by atoms with van der Waals surface area (Å²) in [6, 6.07) is 15.3. The van der Waals surface area contributed by atoms with Crippen molar-refractivity contribution in [2.45, 2.75) is 19.9 Å². The molecule has 0 radical (unpaired) electrons. The van der Waals surface area contributed by atoms with E-state index in [0.29, 0.717) is 5.52 Å². The molecule has 0 aliphatic heterocycles. The molecular formula is C22H20N4O. The van der Waals surface area contributed by atoms with E-state index in [1.807, 2.05) is 62.4 Å². The quantitative estimate of drug-likeness (QED) is 0.561. The highest BCUT2D eigenvalue weighted by atomic mass is 16.3. The second-order valence-corrected chi connectivity index (χ2v) is 6.61. The first-order chi connectivity index (χ1) is 13.1. The van der Waals surface area contributed by atoms with Gasteiger partial charge in [-0.2, -0.15) is 0 Å². The lowest BCUT2D eigenvalue weighted by molar-refractivity contribution is 0.471. The average Bonchev–Trinajstić information content (AvgIpc) is 2.68. The minimum Gasteiger partial charge on any atom is -0.505 e. The van der Waals surface area contributed by atoms with E-state index in [-0.39, 0.29) is 11.8 Å². The fourth-order valence-electron chi connectivity index (χ4n) is 3.17. The number of aryl methyl sites for hydroxylation is 2. The van der Waals surface area contributed by atoms with Crippen LogP contribution in [0.15, 0.2) is 67.1 Å². The summed E-state index contributed by atoms with van der Waals surface area (Å²) in [7, 11) is 0. The number of benzene rings is 1. The first kappa shape index (κ1) is 17.0. The Kier molecular flexibility index (Phi) is 4.42. The number of nitrogens with zero attached hydrogens (tertiary/aromatic N) is 3. The Labute approximate surface area is 157 Å². The van der Waals surface area contributed by atoms with Gasteiger partial charge in [-0.3, -0.25) is 4.98 Å². The second kappa shape index (κ2) is 7.03. The molecule has 0 saturated carbocycles. The average molecular weight is 356 g/mol. The summed E-state index contributed by atoms with van der Waals surface area (Å²) in [5, 5.41) is 15.3. The zero-order chi connectivity index (χ0) is 18.8. The Morgan fingerprint density at radius 1 is 1.00 bits per heavy atom. The van der Waals surface area contributed by atoms with Gasteiger partial charge in [0.1, 0.15) is 17.1 Å². The third-order valence-electron chi connectivity index (χ3n) is 4.54. The molecule has 3 heterocycles. The van der Waals surface area contributed by atoms with Gasteiger partial charge >= 0.3 is 0 Å². The van der Waals surface area contributed by atoms with Gasteiger partial charge in [-0.15, -0.1) is 0 Å². The Morgan fingerprint density at radius 3 is 2.63 bits per heavy atom. The molecule has 1 unspecified atom stereocenters. The van der Waals surface area contributed by atoms with Crippen LogP contribution in [-0.4, -0.2) is 20.1 Å². The number of hydrogen-bond donors (Lipinski definition) is 2. The second-order valence-electron chi connectivity index (χ2n) is 6.61. The van der Waals surface area contributed by atoms with Crippen LogP contribution in [0.1, 0.15) is 28.4 Å². The number of phenols is 1. The van der Waals surface area contributed by atoms with Gasteiger partial charge in [-0.05, 0) is 49.2 Å². The van der Waals surface area contributed by atoms with Crippen molar-refractivity contribution in [2.75, 3.05) is 5.32 Å². The van der Waals surface area contributed by atoms with Crippen LogP contribution in [-0.2, 0) is 0 Å². The summed E-state index contributed by atoms with van der Waals surface area (Å²) in [4.78, 5) is 13.2. The maximum Gasteiger partial charge on any atom is 0.147 e. The summed E-state index contributed by atoms with van der Waals surface area (Å²) in [6.45, 7) is 3.94. The van der Waals surface area contributed by atoms with E-state index in [9.17, 15) is 5.11 Å². The van der Waals surface area contributed by atoms with Crippen LogP contribution < -0.4 is 5.32 Å². The predicted octanol–water partition coefficient (Wildman–Crippen LogP) is 4.55. The normalized spacial score (nSPS) is 12.1. The highest BCUT2D eigenvalue weighted by molar-refractivity contribution is 5.86. The van der Waals surface area contributed by atoms with E-state index >= 15 is 0 Å². The number of hydrogen-bond acceptors (Lipinski definition) is 5. The molecule has 4 aromatic rings. The molecule has 4 rings (SSSR count). The Hall–Kier alpha value is -3.47. The number of fused-ring (bicyclic) bond motifs is 1. The van der Waals surface area contributed by atoms with Crippen LogP contribution in [0.25, 0.3) is 10.9 Å². The third kappa shape index (κ3) is 3.44.